The van der Waals surface area contributed by atoms with E-state index in [-0.39, 0.29) is 0 Å². The molecule has 0 unspecified atom stereocenters. The van der Waals surface area contributed by atoms with E-state index in [9.17, 15) is 0 Å². The van der Waals surface area contributed by atoms with Crippen LogP contribution in [-0.4, -0.2) is 19.9 Å². The van der Waals surface area contributed by atoms with Crippen LogP contribution in [0.15, 0.2) is 47.5 Å². The Morgan fingerprint density at radius 3 is 2.88 bits per heavy atom. The molecule has 0 atom stereocenters. The van der Waals surface area contributed by atoms with Gasteiger partial charge in [0.15, 0.2) is 0 Å². The molecule has 2 N–H and O–H groups in total. The summed E-state index contributed by atoms with van der Waals surface area (Å²) in [4.78, 5) is 3.90. The molecule has 0 bridgehead atoms. The van der Waals surface area contributed by atoms with Crippen LogP contribution in [0, 0.1) is 0 Å². The van der Waals surface area contributed by atoms with Crippen LogP contribution < -0.4 is 5.73 Å². The molecule has 3 aromatic rings. The molecular weight excluding hydrogens is 218 g/mol. The number of rotatable bonds is 2. The van der Waals surface area contributed by atoms with Crippen LogP contribution in [0.4, 0.5) is 5.88 Å². The molecule has 1 aromatic carbocycles. The zero-order valence-corrected chi connectivity index (χ0v) is 8.82. The van der Waals surface area contributed by atoms with Crippen molar-refractivity contribution < 1.29 is 4.52 Å². The predicted molar refractivity (Wildman–Crippen MR) is 61.3 cm³/mol. The van der Waals surface area contributed by atoms with Crippen LogP contribution in [0.1, 0.15) is 0 Å². The molecule has 3 rings (SSSR count). The van der Waals surface area contributed by atoms with Crippen molar-refractivity contribution in [1.29, 1.82) is 0 Å². The van der Waals surface area contributed by atoms with Crippen LogP contribution in [0.2, 0.25) is 0 Å². The Hall–Kier alpha value is -2.63. The van der Waals surface area contributed by atoms with Gasteiger partial charge in [-0.1, -0.05) is 17.3 Å². The topological polar surface area (TPSA) is 82.8 Å². The van der Waals surface area contributed by atoms with Gasteiger partial charge in [-0.25, -0.2) is 9.67 Å². The van der Waals surface area contributed by atoms with E-state index in [1.54, 1.807) is 17.1 Å². The molecule has 84 valence electrons. The van der Waals surface area contributed by atoms with Crippen LogP contribution >= 0.6 is 0 Å². The SMILES string of the molecule is Nc1cc(-c2cccc(-n3cncn3)c2)no1. The van der Waals surface area contributed by atoms with E-state index in [0.29, 0.717) is 11.6 Å². The molecule has 0 aliphatic carbocycles. The maximum absolute atomic E-state index is 5.49. The van der Waals surface area contributed by atoms with Crippen molar-refractivity contribution in [3.8, 4) is 16.9 Å². The second kappa shape index (κ2) is 3.75. The Morgan fingerprint density at radius 1 is 1.24 bits per heavy atom. The molecule has 2 aromatic heterocycles. The summed E-state index contributed by atoms with van der Waals surface area (Å²) < 4.78 is 6.52. The number of nitrogens with zero attached hydrogens (tertiary/aromatic N) is 4. The third kappa shape index (κ3) is 1.76. The molecule has 17 heavy (non-hydrogen) atoms. The zero-order valence-electron chi connectivity index (χ0n) is 8.82. The summed E-state index contributed by atoms with van der Waals surface area (Å²) >= 11 is 0. The van der Waals surface area contributed by atoms with E-state index in [0.717, 1.165) is 11.3 Å². The van der Waals surface area contributed by atoms with Crippen LogP contribution in [0.3, 0.4) is 0 Å². The van der Waals surface area contributed by atoms with Gasteiger partial charge in [0, 0.05) is 11.6 Å². The molecule has 6 heteroatoms. The largest absolute Gasteiger partial charge is 0.368 e. The lowest BCUT2D eigenvalue weighted by Gasteiger charge is -2.01. The van der Waals surface area contributed by atoms with Crippen LogP contribution in [-0.2, 0) is 0 Å². The van der Waals surface area contributed by atoms with Gasteiger partial charge in [0.25, 0.3) is 0 Å². The Morgan fingerprint density at radius 2 is 2.18 bits per heavy atom. The summed E-state index contributed by atoms with van der Waals surface area (Å²) in [7, 11) is 0. The first kappa shape index (κ1) is 9.59. The van der Waals surface area contributed by atoms with Gasteiger partial charge >= 0.3 is 0 Å². The molecule has 0 radical (unpaired) electrons. The van der Waals surface area contributed by atoms with E-state index < -0.39 is 0 Å². The third-order valence-electron chi connectivity index (χ3n) is 2.35. The standard InChI is InChI=1S/C11H9N5O/c12-11-5-10(15-17-11)8-2-1-3-9(4-8)16-7-13-6-14-16/h1-7H,12H2. The molecule has 2 heterocycles. The predicted octanol–water partition coefficient (Wildman–Crippen LogP) is 1.50. The average molecular weight is 227 g/mol. The van der Waals surface area contributed by atoms with Gasteiger partial charge in [-0.2, -0.15) is 5.10 Å². The lowest BCUT2D eigenvalue weighted by Crippen LogP contribution is -1.94. The molecule has 0 spiro atoms. The third-order valence-corrected chi connectivity index (χ3v) is 2.35. The second-order valence-corrected chi connectivity index (χ2v) is 3.50. The van der Waals surface area contributed by atoms with E-state index in [2.05, 4.69) is 15.2 Å². The fourth-order valence-corrected chi connectivity index (χ4v) is 1.57. The number of aromatic nitrogens is 4. The molecule has 0 fully saturated rings. The molecular formula is C11H9N5O. The zero-order chi connectivity index (χ0) is 11.7. The van der Waals surface area contributed by atoms with Crippen molar-refractivity contribution in [3.63, 3.8) is 0 Å². The number of nitrogen functional groups attached to an aromatic ring is 1. The van der Waals surface area contributed by atoms with Crippen molar-refractivity contribution in [3.05, 3.63) is 43.0 Å². The molecule has 0 saturated carbocycles. The molecule has 0 aliphatic heterocycles. The Labute approximate surface area is 96.7 Å². The monoisotopic (exact) mass is 227 g/mol. The highest BCUT2D eigenvalue weighted by Crippen LogP contribution is 2.22. The lowest BCUT2D eigenvalue weighted by atomic mass is 10.1. The van der Waals surface area contributed by atoms with Gasteiger partial charge in [0.1, 0.15) is 18.3 Å². The first-order valence-corrected chi connectivity index (χ1v) is 5.00. The summed E-state index contributed by atoms with van der Waals surface area (Å²) in [5, 5.41) is 7.93. The first-order valence-electron chi connectivity index (χ1n) is 5.00. The van der Waals surface area contributed by atoms with Crippen molar-refractivity contribution in [2.75, 3.05) is 5.73 Å². The smallest absolute Gasteiger partial charge is 0.222 e. The van der Waals surface area contributed by atoms with Crippen molar-refractivity contribution >= 4 is 5.88 Å². The van der Waals surface area contributed by atoms with Gasteiger partial charge in [0.2, 0.25) is 5.88 Å². The van der Waals surface area contributed by atoms with E-state index in [1.807, 2.05) is 24.3 Å². The van der Waals surface area contributed by atoms with E-state index in [1.165, 1.54) is 6.33 Å². The Balaban J connectivity index is 2.05. The van der Waals surface area contributed by atoms with Gasteiger partial charge in [-0.3, -0.25) is 0 Å². The Kier molecular flexibility index (Phi) is 2.11. The van der Waals surface area contributed by atoms with Crippen molar-refractivity contribution in [2.24, 2.45) is 0 Å². The highest BCUT2D eigenvalue weighted by Gasteiger charge is 2.05. The lowest BCUT2D eigenvalue weighted by molar-refractivity contribution is 0.439. The molecule has 0 aliphatic rings. The first-order chi connectivity index (χ1) is 8.33. The quantitative estimate of drug-likeness (QED) is 0.717. The normalized spacial score (nSPS) is 10.6. The number of anilines is 1. The Bertz CT molecular complexity index is 629. The second-order valence-electron chi connectivity index (χ2n) is 3.50. The average Bonchev–Trinajstić information content (AvgIpc) is 3.00. The van der Waals surface area contributed by atoms with Crippen molar-refractivity contribution in [1.82, 2.24) is 19.9 Å². The van der Waals surface area contributed by atoms with Gasteiger partial charge in [-0.05, 0) is 12.1 Å². The van der Waals surface area contributed by atoms with Crippen LogP contribution in [0.5, 0.6) is 0 Å². The number of benzene rings is 1. The summed E-state index contributed by atoms with van der Waals surface area (Å²) in [6, 6.07) is 9.39. The minimum atomic E-state index is 0.297. The van der Waals surface area contributed by atoms with Gasteiger partial charge in [-0.15, -0.1) is 0 Å². The highest BCUT2D eigenvalue weighted by atomic mass is 16.5. The summed E-state index contributed by atoms with van der Waals surface area (Å²) in [6.07, 6.45) is 3.12. The summed E-state index contributed by atoms with van der Waals surface area (Å²) in [6.45, 7) is 0. The van der Waals surface area contributed by atoms with E-state index >= 15 is 0 Å². The summed E-state index contributed by atoms with van der Waals surface area (Å²) in [5.41, 5.74) is 8.01. The molecule has 0 amide bonds. The molecule has 0 saturated heterocycles. The highest BCUT2D eigenvalue weighted by molar-refractivity contribution is 5.63. The minimum Gasteiger partial charge on any atom is -0.368 e. The maximum atomic E-state index is 5.49. The van der Waals surface area contributed by atoms with Gasteiger partial charge in [0.05, 0.1) is 5.69 Å². The van der Waals surface area contributed by atoms with E-state index in [4.69, 9.17) is 10.3 Å². The minimum absolute atomic E-state index is 0.297. The number of nitrogens with two attached hydrogens (primary N) is 1. The van der Waals surface area contributed by atoms with Gasteiger partial charge < -0.3 is 10.3 Å². The fraction of sp³-hybridized carbons (Fsp3) is 0. The van der Waals surface area contributed by atoms with Crippen molar-refractivity contribution in [2.45, 2.75) is 0 Å². The summed E-state index contributed by atoms with van der Waals surface area (Å²) in [5.74, 6) is 0.297. The van der Waals surface area contributed by atoms with Crippen LogP contribution in [0.25, 0.3) is 16.9 Å². The number of hydrogen-bond acceptors (Lipinski definition) is 5. The maximum Gasteiger partial charge on any atom is 0.222 e. The molecule has 6 nitrogen and oxygen atoms in total. The fourth-order valence-electron chi connectivity index (χ4n) is 1.57. The number of hydrogen-bond donors (Lipinski definition) is 1.